The molecule has 1 N–H and O–H groups in total. The molecule has 1 atom stereocenters. The molecular weight excluding hydrogens is 598 g/mol. The van der Waals surface area contributed by atoms with Crippen LogP contribution in [0.25, 0.3) is 0 Å². The van der Waals surface area contributed by atoms with Crippen LogP contribution in [0.2, 0.25) is 0 Å². The number of morpholine rings is 1. The molecule has 1 saturated heterocycles. The standard InChI is InChI=1S/C33H41N3O8S/c1-41-20-6-17-34-33(38)31(23-26-7-4-3-5-8-26)36(24-27-9-11-28(42-2)12-10-27)32(37)25-44-29-13-15-30(16-14-29)45(39,40)35-18-21-43-22-19-35/h3-5,7-16,31H,6,17-25H2,1-2H3,(H,34,38). The number of benzene rings is 3. The molecule has 12 heteroatoms. The molecule has 0 bridgehead atoms. The molecule has 3 aromatic carbocycles. The van der Waals surface area contributed by atoms with Gasteiger partial charge in [-0.2, -0.15) is 4.31 Å². The lowest BCUT2D eigenvalue weighted by Crippen LogP contribution is -2.51. The average molecular weight is 640 g/mol. The Hall–Kier alpha value is -3.97. The van der Waals surface area contributed by atoms with E-state index in [9.17, 15) is 18.0 Å². The van der Waals surface area contributed by atoms with Gasteiger partial charge in [0.2, 0.25) is 15.9 Å². The number of amides is 2. The van der Waals surface area contributed by atoms with Crippen LogP contribution in [-0.2, 0) is 42.1 Å². The zero-order chi connectivity index (χ0) is 32.1. The van der Waals surface area contributed by atoms with E-state index in [2.05, 4.69) is 5.32 Å². The second-order valence-corrected chi connectivity index (χ2v) is 12.4. The second kappa shape index (κ2) is 16.9. The number of methoxy groups -OCH3 is 2. The van der Waals surface area contributed by atoms with Crippen LogP contribution in [-0.4, -0.2) is 95.8 Å². The maximum atomic E-state index is 13.9. The van der Waals surface area contributed by atoms with Gasteiger partial charge >= 0.3 is 0 Å². The topological polar surface area (TPSA) is 124 Å². The number of hydrogen-bond acceptors (Lipinski definition) is 8. The molecule has 242 valence electrons. The van der Waals surface area contributed by atoms with Crippen LogP contribution in [0.5, 0.6) is 11.5 Å². The molecule has 1 fully saturated rings. The Bertz CT molecular complexity index is 1460. The van der Waals surface area contributed by atoms with Crippen molar-refractivity contribution in [3.8, 4) is 11.5 Å². The third-order valence-corrected chi connectivity index (χ3v) is 9.31. The minimum absolute atomic E-state index is 0.136. The summed E-state index contributed by atoms with van der Waals surface area (Å²) in [5, 5.41) is 2.96. The van der Waals surface area contributed by atoms with Crippen LogP contribution in [0.4, 0.5) is 0 Å². The van der Waals surface area contributed by atoms with Gasteiger partial charge in [0, 0.05) is 46.3 Å². The van der Waals surface area contributed by atoms with Crippen LogP contribution < -0.4 is 14.8 Å². The van der Waals surface area contributed by atoms with Crippen molar-refractivity contribution >= 4 is 21.8 Å². The highest BCUT2D eigenvalue weighted by Gasteiger charge is 2.31. The van der Waals surface area contributed by atoms with Crippen molar-refractivity contribution in [2.75, 3.05) is 60.3 Å². The van der Waals surface area contributed by atoms with Gasteiger partial charge in [0.05, 0.1) is 25.2 Å². The lowest BCUT2D eigenvalue weighted by atomic mass is 10.0. The molecule has 1 aliphatic heterocycles. The number of carbonyl (C=O) groups is 2. The summed E-state index contributed by atoms with van der Waals surface area (Å²) in [7, 11) is -0.481. The Kier molecular flexibility index (Phi) is 12.8. The number of nitrogens with zero attached hydrogens (tertiary/aromatic N) is 2. The van der Waals surface area contributed by atoms with E-state index in [4.69, 9.17) is 18.9 Å². The molecule has 45 heavy (non-hydrogen) atoms. The SMILES string of the molecule is COCCCNC(=O)C(Cc1ccccc1)N(Cc1ccc(OC)cc1)C(=O)COc1ccc(S(=O)(=O)N2CCOCC2)cc1. The fourth-order valence-corrected chi connectivity index (χ4v) is 6.31. The quantitative estimate of drug-likeness (QED) is 0.238. The highest BCUT2D eigenvalue weighted by Crippen LogP contribution is 2.22. The van der Waals surface area contributed by atoms with Gasteiger partial charge in [0.1, 0.15) is 17.5 Å². The van der Waals surface area contributed by atoms with Gasteiger partial charge in [-0.05, 0) is 53.9 Å². The third kappa shape index (κ3) is 9.76. The van der Waals surface area contributed by atoms with Crippen molar-refractivity contribution < 1.29 is 37.0 Å². The van der Waals surface area contributed by atoms with Gasteiger partial charge in [-0.1, -0.05) is 42.5 Å². The smallest absolute Gasteiger partial charge is 0.261 e. The average Bonchev–Trinajstić information content (AvgIpc) is 3.08. The van der Waals surface area contributed by atoms with Gasteiger partial charge in [0.25, 0.3) is 5.91 Å². The monoisotopic (exact) mass is 639 g/mol. The van der Waals surface area contributed by atoms with Crippen LogP contribution in [0, 0.1) is 0 Å². The minimum Gasteiger partial charge on any atom is -0.497 e. The zero-order valence-corrected chi connectivity index (χ0v) is 26.5. The summed E-state index contributed by atoms with van der Waals surface area (Å²) >= 11 is 0. The largest absolute Gasteiger partial charge is 0.497 e. The summed E-state index contributed by atoms with van der Waals surface area (Å²) in [6.07, 6.45) is 0.931. The van der Waals surface area contributed by atoms with E-state index in [1.807, 2.05) is 42.5 Å². The highest BCUT2D eigenvalue weighted by atomic mass is 32.2. The van der Waals surface area contributed by atoms with Gasteiger partial charge in [-0.3, -0.25) is 9.59 Å². The molecule has 4 rings (SSSR count). The van der Waals surface area contributed by atoms with Gasteiger partial charge < -0.3 is 29.2 Å². The third-order valence-electron chi connectivity index (χ3n) is 7.40. The summed E-state index contributed by atoms with van der Waals surface area (Å²) in [6, 6.07) is 22.0. The van der Waals surface area contributed by atoms with Crippen molar-refractivity contribution in [2.24, 2.45) is 0 Å². The molecule has 11 nitrogen and oxygen atoms in total. The Morgan fingerprint density at radius 2 is 1.58 bits per heavy atom. The summed E-state index contributed by atoms with van der Waals surface area (Å²) < 4.78 is 48.9. The van der Waals surface area contributed by atoms with Gasteiger partial charge in [-0.25, -0.2) is 8.42 Å². The molecule has 1 heterocycles. The molecule has 3 aromatic rings. The second-order valence-electron chi connectivity index (χ2n) is 10.5. The maximum Gasteiger partial charge on any atom is 0.261 e. The number of sulfonamides is 1. The Balaban J connectivity index is 1.53. The van der Waals surface area contributed by atoms with Gasteiger partial charge in [0.15, 0.2) is 6.61 Å². The van der Waals surface area contributed by atoms with E-state index in [1.54, 1.807) is 26.4 Å². The van der Waals surface area contributed by atoms with Crippen molar-refractivity contribution in [1.82, 2.24) is 14.5 Å². The number of rotatable bonds is 16. The summed E-state index contributed by atoms with van der Waals surface area (Å²) in [5.74, 6) is 0.325. The lowest BCUT2D eigenvalue weighted by molar-refractivity contribution is -0.142. The molecule has 0 radical (unpaired) electrons. The first kappa shape index (κ1) is 33.9. The van der Waals surface area contributed by atoms with E-state index < -0.39 is 22.0 Å². The Morgan fingerprint density at radius 3 is 2.22 bits per heavy atom. The van der Waals surface area contributed by atoms with Crippen molar-refractivity contribution in [2.45, 2.75) is 30.3 Å². The van der Waals surface area contributed by atoms with Crippen LogP contribution >= 0.6 is 0 Å². The van der Waals surface area contributed by atoms with Gasteiger partial charge in [-0.15, -0.1) is 0 Å². The first-order valence-corrected chi connectivity index (χ1v) is 16.3. The highest BCUT2D eigenvalue weighted by molar-refractivity contribution is 7.89. The molecule has 0 aliphatic carbocycles. The first-order valence-electron chi connectivity index (χ1n) is 14.9. The molecule has 0 aromatic heterocycles. The fraction of sp³-hybridized carbons (Fsp3) is 0.394. The molecule has 1 aliphatic rings. The fourth-order valence-electron chi connectivity index (χ4n) is 4.90. The van der Waals surface area contributed by atoms with Crippen molar-refractivity contribution in [3.63, 3.8) is 0 Å². The number of carbonyl (C=O) groups excluding carboxylic acids is 2. The Labute approximate surface area is 265 Å². The summed E-state index contributed by atoms with van der Waals surface area (Å²) in [5.41, 5.74) is 1.71. The molecule has 0 spiro atoms. The van der Waals surface area contributed by atoms with E-state index in [0.29, 0.717) is 63.8 Å². The van der Waals surface area contributed by atoms with E-state index in [0.717, 1.165) is 11.1 Å². The number of hydrogen-bond donors (Lipinski definition) is 1. The summed E-state index contributed by atoms with van der Waals surface area (Å²) in [6.45, 7) is 2.00. The molecule has 1 unspecified atom stereocenters. The zero-order valence-electron chi connectivity index (χ0n) is 25.7. The van der Waals surface area contributed by atoms with Crippen molar-refractivity contribution in [1.29, 1.82) is 0 Å². The Morgan fingerprint density at radius 1 is 0.911 bits per heavy atom. The van der Waals surface area contributed by atoms with E-state index >= 15 is 0 Å². The summed E-state index contributed by atoms with van der Waals surface area (Å²) in [4.78, 5) is 29.1. The van der Waals surface area contributed by atoms with Crippen LogP contribution in [0.1, 0.15) is 17.5 Å². The normalized spacial score (nSPS) is 14.4. The number of ether oxygens (including phenoxy) is 4. The first-order chi connectivity index (χ1) is 21.8. The maximum absolute atomic E-state index is 13.9. The number of nitrogens with one attached hydrogen (secondary N) is 1. The molecular formula is C33H41N3O8S. The minimum atomic E-state index is -3.66. The van der Waals surface area contributed by atoms with Crippen LogP contribution in [0.15, 0.2) is 83.8 Å². The van der Waals surface area contributed by atoms with E-state index in [-0.39, 0.29) is 24.0 Å². The lowest BCUT2D eigenvalue weighted by Gasteiger charge is -2.31. The predicted molar refractivity (Wildman–Crippen MR) is 168 cm³/mol. The van der Waals surface area contributed by atoms with Crippen LogP contribution in [0.3, 0.4) is 0 Å². The van der Waals surface area contributed by atoms with Crippen molar-refractivity contribution in [3.05, 3.63) is 90.0 Å². The predicted octanol–water partition coefficient (Wildman–Crippen LogP) is 2.89. The molecule has 2 amide bonds. The molecule has 0 saturated carbocycles. The van der Waals surface area contributed by atoms with E-state index in [1.165, 1.54) is 33.5 Å².